The lowest BCUT2D eigenvalue weighted by atomic mass is 10.1. The Morgan fingerprint density at radius 2 is 1.93 bits per heavy atom. The Bertz CT molecular complexity index is 1160. The minimum absolute atomic E-state index is 0.266. The summed E-state index contributed by atoms with van der Waals surface area (Å²) >= 11 is 1.38. The van der Waals surface area contributed by atoms with E-state index < -0.39 is 6.36 Å². The third-order valence-corrected chi connectivity index (χ3v) is 5.18. The number of ether oxygens (including phenoxy) is 1. The van der Waals surface area contributed by atoms with E-state index in [9.17, 15) is 13.2 Å². The maximum Gasteiger partial charge on any atom is 0.573 e. The highest BCUT2D eigenvalue weighted by Gasteiger charge is 2.31. The summed E-state index contributed by atoms with van der Waals surface area (Å²) in [6.45, 7) is 4.14. The van der Waals surface area contributed by atoms with Crippen LogP contribution in [0.1, 0.15) is 36.8 Å². The van der Waals surface area contributed by atoms with Gasteiger partial charge >= 0.3 is 6.36 Å². The molecule has 0 aliphatic heterocycles. The van der Waals surface area contributed by atoms with E-state index in [4.69, 9.17) is 0 Å². The smallest absolute Gasteiger partial charge is 0.406 e. The van der Waals surface area contributed by atoms with Gasteiger partial charge in [0.1, 0.15) is 5.75 Å². The van der Waals surface area contributed by atoms with Crippen LogP contribution in [0.4, 0.5) is 13.2 Å². The monoisotopic (exact) mass is 422 g/mol. The third-order valence-electron chi connectivity index (χ3n) is 4.26. The molecule has 0 radical (unpaired) electrons. The van der Waals surface area contributed by atoms with Crippen LogP contribution in [0.5, 0.6) is 5.75 Å². The maximum absolute atomic E-state index is 12.4. The largest absolute Gasteiger partial charge is 0.573 e. The summed E-state index contributed by atoms with van der Waals surface area (Å²) in [4.78, 5) is 0.602. The highest BCUT2D eigenvalue weighted by molar-refractivity contribution is 7.19. The van der Waals surface area contributed by atoms with E-state index >= 15 is 0 Å². The van der Waals surface area contributed by atoms with Crippen LogP contribution in [-0.2, 0) is 13.5 Å². The predicted molar refractivity (Wildman–Crippen MR) is 101 cm³/mol. The Morgan fingerprint density at radius 3 is 2.62 bits per heavy atom. The second kappa shape index (κ2) is 7.14. The second-order valence-corrected chi connectivity index (χ2v) is 7.78. The third kappa shape index (κ3) is 4.09. The predicted octanol–water partition coefficient (Wildman–Crippen LogP) is 4.20. The van der Waals surface area contributed by atoms with Crippen molar-refractivity contribution >= 4 is 16.3 Å². The van der Waals surface area contributed by atoms with Gasteiger partial charge in [0.2, 0.25) is 4.96 Å². The summed E-state index contributed by atoms with van der Waals surface area (Å²) in [6, 6.07) is 7.79. The molecular formula is C18H17F3N6OS. The number of nitrogens with zero attached hydrogens (tertiary/aromatic N) is 6. The fourth-order valence-corrected chi connectivity index (χ4v) is 3.78. The average molecular weight is 422 g/mol. The lowest BCUT2D eigenvalue weighted by Crippen LogP contribution is -2.17. The normalized spacial score (nSPS) is 12.2. The molecule has 0 atom stereocenters. The van der Waals surface area contributed by atoms with Crippen molar-refractivity contribution in [3.63, 3.8) is 0 Å². The summed E-state index contributed by atoms with van der Waals surface area (Å²) in [6.07, 6.45) is -4.47. The second-order valence-electron chi connectivity index (χ2n) is 6.82. The minimum Gasteiger partial charge on any atom is -0.406 e. The fourth-order valence-electron chi connectivity index (χ4n) is 2.88. The molecule has 0 aliphatic carbocycles. The molecule has 0 aliphatic rings. The van der Waals surface area contributed by atoms with Crippen molar-refractivity contribution in [1.82, 2.24) is 29.6 Å². The van der Waals surface area contributed by atoms with Gasteiger partial charge in [0.15, 0.2) is 10.8 Å². The molecule has 0 saturated carbocycles. The first-order valence-electron chi connectivity index (χ1n) is 8.80. The van der Waals surface area contributed by atoms with Crippen LogP contribution in [0.2, 0.25) is 0 Å². The molecule has 3 heterocycles. The first-order valence-corrected chi connectivity index (χ1v) is 9.61. The number of hydrogen-bond acceptors (Lipinski definition) is 6. The molecule has 0 saturated heterocycles. The first-order chi connectivity index (χ1) is 13.7. The lowest BCUT2D eigenvalue weighted by Gasteiger charge is -2.09. The topological polar surface area (TPSA) is 70.1 Å². The Kier molecular flexibility index (Phi) is 4.77. The molecule has 152 valence electrons. The van der Waals surface area contributed by atoms with E-state index in [2.05, 4.69) is 39.0 Å². The van der Waals surface area contributed by atoms with Gasteiger partial charge in [-0.2, -0.15) is 14.7 Å². The molecule has 0 fully saturated rings. The van der Waals surface area contributed by atoms with Gasteiger partial charge in [-0.3, -0.25) is 4.68 Å². The van der Waals surface area contributed by atoms with Crippen LogP contribution in [0.3, 0.4) is 0 Å². The number of halogens is 3. The van der Waals surface area contributed by atoms with Crippen molar-refractivity contribution in [2.45, 2.75) is 32.5 Å². The van der Waals surface area contributed by atoms with Crippen molar-refractivity contribution in [2.75, 3.05) is 0 Å². The van der Waals surface area contributed by atoms with E-state index in [1.807, 2.05) is 13.1 Å². The number of alkyl halides is 3. The Hall–Kier alpha value is -2.95. The lowest BCUT2D eigenvalue weighted by molar-refractivity contribution is -0.274. The van der Waals surface area contributed by atoms with Gasteiger partial charge in [0, 0.05) is 13.5 Å². The Balaban J connectivity index is 1.63. The number of aromatic nitrogens is 6. The van der Waals surface area contributed by atoms with Gasteiger partial charge in [0.25, 0.3) is 0 Å². The van der Waals surface area contributed by atoms with Gasteiger partial charge < -0.3 is 4.74 Å². The summed E-state index contributed by atoms with van der Waals surface area (Å²) in [5.41, 5.74) is 2.45. The number of hydrogen-bond donors (Lipinski definition) is 0. The Morgan fingerprint density at radius 1 is 1.14 bits per heavy atom. The fraction of sp³-hybridized carbons (Fsp3) is 0.333. The molecule has 4 rings (SSSR count). The van der Waals surface area contributed by atoms with Crippen LogP contribution in [0.25, 0.3) is 15.7 Å². The van der Waals surface area contributed by atoms with Crippen molar-refractivity contribution < 1.29 is 17.9 Å². The van der Waals surface area contributed by atoms with Crippen molar-refractivity contribution in [3.8, 4) is 16.5 Å². The molecule has 0 unspecified atom stereocenters. The molecule has 11 heteroatoms. The van der Waals surface area contributed by atoms with E-state index in [1.165, 1.54) is 29.5 Å². The van der Waals surface area contributed by atoms with Gasteiger partial charge in [-0.25, -0.2) is 0 Å². The van der Waals surface area contributed by atoms with Gasteiger partial charge in [-0.1, -0.05) is 37.3 Å². The van der Waals surface area contributed by atoms with Gasteiger partial charge in [0.05, 0.1) is 11.4 Å². The van der Waals surface area contributed by atoms with Crippen LogP contribution in [-0.4, -0.2) is 36.0 Å². The Labute approximate surface area is 167 Å². The number of benzene rings is 1. The van der Waals surface area contributed by atoms with E-state index in [-0.39, 0.29) is 12.2 Å². The van der Waals surface area contributed by atoms with E-state index in [0.717, 1.165) is 16.4 Å². The zero-order valence-electron chi connectivity index (χ0n) is 15.8. The van der Waals surface area contributed by atoms with Crippen LogP contribution < -0.4 is 4.74 Å². The quantitative estimate of drug-likeness (QED) is 0.482. The number of rotatable bonds is 5. The highest BCUT2D eigenvalue weighted by atomic mass is 32.1. The molecule has 0 amide bonds. The standard InChI is InChI=1S/C18H17F3N6OS/c1-10(2)13-9-14(26(3)24-13)16-25-27-15(22-23-17(27)29-16)8-11-5-4-6-12(7-11)28-18(19,20)21/h4-7,9-10H,8H2,1-3H3. The minimum atomic E-state index is -4.73. The number of aryl methyl sites for hydroxylation is 1. The molecule has 7 nitrogen and oxygen atoms in total. The summed E-state index contributed by atoms with van der Waals surface area (Å²) < 4.78 is 44.7. The molecule has 0 bridgehead atoms. The van der Waals surface area contributed by atoms with Crippen molar-refractivity contribution in [2.24, 2.45) is 7.05 Å². The van der Waals surface area contributed by atoms with Gasteiger partial charge in [-0.15, -0.1) is 23.4 Å². The van der Waals surface area contributed by atoms with E-state index in [1.54, 1.807) is 15.3 Å². The summed E-state index contributed by atoms with van der Waals surface area (Å²) in [5, 5.41) is 18.1. The van der Waals surface area contributed by atoms with Crippen LogP contribution in [0, 0.1) is 0 Å². The molecule has 1 aromatic carbocycles. The van der Waals surface area contributed by atoms with Crippen molar-refractivity contribution in [3.05, 3.63) is 47.4 Å². The van der Waals surface area contributed by atoms with Gasteiger partial charge in [-0.05, 0) is 29.7 Å². The zero-order valence-corrected chi connectivity index (χ0v) is 16.6. The van der Waals surface area contributed by atoms with Crippen LogP contribution in [0.15, 0.2) is 30.3 Å². The average Bonchev–Trinajstić information content (AvgIpc) is 3.29. The summed E-state index contributed by atoms with van der Waals surface area (Å²) in [7, 11) is 1.86. The number of fused-ring (bicyclic) bond motifs is 1. The molecule has 0 spiro atoms. The maximum atomic E-state index is 12.4. The molecule has 4 aromatic rings. The summed E-state index contributed by atoms with van der Waals surface area (Å²) in [5.74, 6) is 0.547. The first kappa shape index (κ1) is 19.4. The van der Waals surface area contributed by atoms with E-state index in [0.29, 0.717) is 22.3 Å². The molecular weight excluding hydrogens is 405 g/mol. The SMILES string of the molecule is CC(C)c1cc(-c2nn3c(Cc4cccc(OC(F)(F)F)c4)nnc3s2)n(C)n1. The highest BCUT2D eigenvalue weighted by Crippen LogP contribution is 2.28. The molecule has 3 aromatic heterocycles. The molecule has 0 N–H and O–H groups in total. The van der Waals surface area contributed by atoms with Crippen LogP contribution >= 0.6 is 11.3 Å². The zero-order chi connectivity index (χ0) is 20.8. The van der Waals surface area contributed by atoms with Crippen molar-refractivity contribution in [1.29, 1.82) is 0 Å². The molecule has 29 heavy (non-hydrogen) atoms.